The summed E-state index contributed by atoms with van der Waals surface area (Å²) in [5, 5.41) is 0. The number of hydrogen-bond donors (Lipinski definition) is 1. The number of nitrogens with zero attached hydrogens (tertiary/aromatic N) is 1. The van der Waals surface area contributed by atoms with Gasteiger partial charge < -0.3 is 9.78 Å². The third kappa shape index (κ3) is 3.14. The molecule has 0 saturated carbocycles. The number of carbonyl (C=O) groups excluding carboxylic acids is 1. The lowest BCUT2D eigenvalue weighted by Crippen LogP contribution is -1.95. The van der Waals surface area contributed by atoms with E-state index in [1.165, 1.54) is 0 Å². The predicted molar refractivity (Wildman–Crippen MR) is 88.5 cm³/mol. The van der Waals surface area contributed by atoms with E-state index in [-0.39, 0.29) is 5.78 Å². The van der Waals surface area contributed by atoms with Crippen LogP contribution in [-0.4, -0.2) is 15.8 Å². The largest absolute Gasteiger partial charge is 0.341 e. The van der Waals surface area contributed by atoms with Crippen LogP contribution < -0.4 is 0 Å². The average Bonchev–Trinajstić information content (AvgIpc) is 2.99. The monoisotopic (exact) mass is 290 g/mol. The Balaban J connectivity index is 2.04. The van der Waals surface area contributed by atoms with Crippen molar-refractivity contribution in [2.24, 2.45) is 0 Å². The quantitative estimate of drug-likeness (QED) is 0.763. The molecular formula is C19H18N2O. The number of aryl methyl sites for hydroxylation is 1. The van der Waals surface area contributed by atoms with E-state index < -0.39 is 0 Å². The zero-order valence-electron chi connectivity index (χ0n) is 12.5. The summed E-state index contributed by atoms with van der Waals surface area (Å²) < 4.78 is 0. The Morgan fingerprint density at radius 2 is 1.55 bits per heavy atom. The van der Waals surface area contributed by atoms with Crippen LogP contribution in [0.5, 0.6) is 0 Å². The van der Waals surface area contributed by atoms with Crippen molar-refractivity contribution in [2.75, 3.05) is 0 Å². The lowest BCUT2D eigenvalue weighted by Gasteiger charge is -2.02. The van der Waals surface area contributed by atoms with Gasteiger partial charge in [0, 0.05) is 24.0 Å². The highest BCUT2D eigenvalue weighted by molar-refractivity contribution is 5.79. The zero-order valence-corrected chi connectivity index (χ0v) is 12.5. The highest BCUT2D eigenvalue weighted by Gasteiger charge is 2.13. The summed E-state index contributed by atoms with van der Waals surface area (Å²) in [5.41, 5.74) is 4.12. The highest BCUT2D eigenvalue weighted by atomic mass is 16.1. The summed E-state index contributed by atoms with van der Waals surface area (Å²) in [6.45, 7) is 1.61. The Labute approximate surface area is 130 Å². The maximum Gasteiger partial charge on any atom is 0.130 e. The van der Waals surface area contributed by atoms with Crippen molar-refractivity contribution >= 4 is 5.78 Å². The number of imidazole rings is 1. The van der Waals surface area contributed by atoms with Crippen molar-refractivity contribution in [1.29, 1.82) is 0 Å². The van der Waals surface area contributed by atoms with Gasteiger partial charge in [0.1, 0.15) is 11.6 Å². The number of nitrogens with one attached hydrogen (secondary N) is 1. The number of H-pyrrole nitrogens is 1. The Hall–Kier alpha value is -2.68. The molecule has 3 nitrogen and oxygen atoms in total. The van der Waals surface area contributed by atoms with Crippen LogP contribution in [0.1, 0.15) is 19.2 Å². The van der Waals surface area contributed by atoms with Gasteiger partial charge >= 0.3 is 0 Å². The van der Waals surface area contributed by atoms with E-state index in [0.29, 0.717) is 12.8 Å². The number of benzene rings is 2. The van der Waals surface area contributed by atoms with E-state index in [9.17, 15) is 4.79 Å². The molecule has 0 saturated heterocycles. The van der Waals surface area contributed by atoms with E-state index in [0.717, 1.165) is 28.3 Å². The van der Waals surface area contributed by atoms with Gasteiger partial charge in [-0.25, -0.2) is 4.98 Å². The van der Waals surface area contributed by atoms with Gasteiger partial charge in [-0.1, -0.05) is 60.7 Å². The van der Waals surface area contributed by atoms with Gasteiger partial charge in [-0.05, 0) is 6.92 Å². The Morgan fingerprint density at radius 3 is 2.14 bits per heavy atom. The number of rotatable bonds is 5. The molecule has 1 aromatic heterocycles. The van der Waals surface area contributed by atoms with Crippen molar-refractivity contribution in [3.8, 4) is 22.5 Å². The predicted octanol–water partition coefficient (Wildman–Crippen LogP) is 4.27. The van der Waals surface area contributed by atoms with E-state index in [2.05, 4.69) is 29.2 Å². The molecule has 3 heteroatoms. The average molecular weight is 290 g/mol. The second-order valence-electron chi connectivity index (χ2n) is 5.34. The number of aromatic nitrogens is 2. The molecule has 0 aliphatic carbocycles. The maximum atomic E-state index is 11.2. The summed E-state index contributed by atoms with van der Waals surface area (Å²) in [4.78, 5) is 19.3. The first-order valence-electron chi connectivity index (χ1n) is 7.43. The molecule has 0 unspecified atom stereocenters. The molecule has 0 fully saturated rings. The molecule has 1 heterocycles. The van der Waals surface area contributed by atoms with Gasteiger partial charge in [0.15, 0.2) is 0 Å². The maximum absolute atomic E-state index is 11.2. The minimum Gasteiger partial charge on any atom is -0.341 e. The minimum absolute atomic E-state index is 0.180. The molecule has 2 aromatic carbocycles. The molecule has 0 aliphatic heterocycles. The Morgan fingerprint density at radius 1 is 0.955 bits per heavy atom. The highest BCUT2D eigenvalue weighted by Crippen LogP contribution is 2.30. The summed E-state index contributed by atoms with van der Waals surface area (Å²) >= 11 is 0. The second kappa shape index (κ2) is 6.39. The summed E-state index contributed by atoms with van der Waals surface area (Å²) in [6.07, 6.45) is 1.15. The van der Waals surface area contributed by atoms with Crippen LogP contribution in [-0.2, 0) is 11.2 Å². The van der Waals surface area contributed by atoms with Crippen molar-refractivity contribution < 1.29 is 4.79 Å². The van der Waals surface area contributed by atoms with Crippen LogP contribution in [0.15, 0.2) is 60.7 Å². The second-order valence-corrected chi connectivity index (χ2v) is 5.34. The van der Waals surface area contributed by atoms with Crippen molar-refractivity contribution in [3.05, 3.63) is 66.5 Å². The van der Waals surface area contributed by atoms with Crippen molar-refractivity contribution in [2.45, 2.75) is 19.8 Å². The standard InChI is InChI=1S/C19H18N2O/c1-14(22)12-13-17-20-18(15-8-4-2-5-9-15)19(21-17)16-10-6-3-7-11-16/h2-11H,12-13H2,1H3,(H,20,21). The lowest BCUT2D eigenvalue weighted by atomic mass is 10.1. The number of carbonyl (C=O) groups is 1. The molecule has 0 radical (unpaired) electrons. The van der Waals surface area contributed by atoms with E-state index in [4.69, 9.17) is 4.98 Å². The third-order valence-electron chi connectivity index (χ3n) is 3.58. The van der Waals surface area contributed by atoms with Gasteiger partial charge in [0.2, 0.25) is 0 Å². The molecule has 0 amide bonds. The number of hydrogen-bond acceptors (Lipinski definition) is 2. The van der Waals surface area contributed by atoms with Crippen LogP contribution in [0.2, 0.25) is 0 Å². The zero-order chi connectivity index (χ0) is 15.4. The van der Waals surface area contributed by atoms with Gasteiger partial charge in [-0.3, -0.25) is 0 Å². The first-order valence-corrected chi connectivity index (χ1v) is 7.43. The summed E-state index contributed by atoms with van der Waals surface area (Å²) in [6, 6.07) is 20.3. The van der Waals surface area contributed by atoms with Crippen LogP contribution in [0.3, 0.4) is 0 Å². The Kier molecular flexibility index (Phi) is 4.15. The van der Waals surface area contributed by atoms with Crippen LogP contribution in [0, 0.1) is 0 Å². The molecular weight excluding hydrogens is 272 g/mol. The molecule has 110 valence electrons. The van der Waals surface area contributed by atoms with E-state index in [1.54, 1.807) is 6.92 Å². The third-order valence-corrected chi connectivity index (χ3v) is 3.58. The van der Waals surface area contributed by atoms with Gasteiger partial charge in [0.05, 0.1) is 11.4 Å². The fraction of sp³-hybridized carbons (Fsp3) is 0.158. The van der Waals surface area contributed by atoms with E-state index in [1.807, 2.05) is 36.4 Å². The fourth-order valence-corrected chi connectivity index (χ4v) is 2.45. The molecule has 0 spiro atoms. The van der Waals surface area contributed by atoms with Gasteiger partial charge in [0.25, 0.3) is 0 Å². The van der Waals surface area contributed by atoms with Crippen LogP contribution in [0.25, 0.3) is 22.5 Å². The van der Waals surface area contributed by atoms with E-state index >= 15 is 0 Å². The molecule has 22 heavy (non-hydrogen) atoms. The molecule has 1 N–H and O–H groups in total. The van der Waals surface area contributed by atoms with Gasteiger partial charge in [-0.2, -0.15) is 0 Å². The number of aromatic amines is 1. The normalized spacial score (nSPS) is 10.6. The molecule has 3 aromatic rings. The smallest absolute Gasteiger partial charge is 0.130 e. The van der Waals surface area contributed by atoms with Gasteiger partial charge in [-0.15, -0.1) is 0 Å². The lowest BCUT2D eigenvalue weighted by molar-refractivity contribution is -0.117. The first kappa shape index (κ1) is 14.3. The molecule has 0 bridgehead atoms. The molecule has 3 rings (SSSR count). The number of Topliss-reactive ketones (excluding diaryl/α,β-unsaturated/α-hetero) is 1. The Bertz CT molecular complexity index is 704. The summed E-state index contributed by atoms with van der Waals surface area (Å²) in [5.74, 6) is 1.03. The first-order chi connectivity index (χ1) is 10.7. The van der Waals surface area contributed by atoms with Crippen LogP contribution in [0.4, 0.5) is 0 Å². The van der Waals surface area contributed by atoms with Crippen molar-refractivity contribution in [3.63, 3.8) is 0 Å². The SMILES string of the molecule is CC(=O)CCc1nc(-c2ccccc2)c(-c2ccccc2)[nH]1. The summed E-state index contributed by atoms with van der Waals surface area (Å²) in [7, 11) is 0. The fourth-order valence-electron chi connectivity index (χ4n) is 2.45. The minimum atomic E-state index is 0.180. The number of ketones is 1. The van der Waals surface area contributed by atoms with Crippen LogP contribution >= 0.6 is 0 Å². The van der Waals surface area contributed by atoms with Crippen molar-refractivity contribution in [1.82, 2.24) is 9.97 Å². The molecule has 0 aliphatic rings. The topological polar surface area (TPSA) is 45.8 Å². The molecule has 0 atom stereocenters.